The number of nitrogens with zero attached hydrogens (tertiary/aromatic N) is 2. The van der Waals surface area contributed by atoms with E-state index in [4.69, 9.17) is 0 Å². The first-order valence-electron chi connectivity index (χ1n) is 8.05. The maximum Gasteiger partial charge on any atom is 0.253 e. The van der Waals surface area contributed by atoms with Gasteiger partial charge in [-0.25, -0.2) is 4.39 Å². The number of piperazine rings is 1. The third-order valence-electron chi connectivity index (χ3n) is 4.24. The molecule has 1 saturated heterocycles. The zero-order chi connectivity index (χ0) is 16.9. The number of benzene rings is 2. The minimum atomic E-state index is -0.224. The zero-order valence-electron chi connectivity index (χ0n) is 13.7. The summed E-state index contributed by atoms with van der Waals surface area (Å²) in [5, 5.41) is 0. The Labute approximate surface area is 146 Å². The smallest absolute Gasteiger partial charge is 0.253 e. The maximum absolute atomic E-state index is 13.0. The van der Waals surface area contributed by atoms with Crippen LogP contribution in [0.4, 0.5) is 10.1 Å². The number of hydrogen-bond acceptors (Lipinski definition) is 3. The third-order valence-corrected chi connectivity index (χ3v) is 4.87. The average Bonchev–Trinajstić information content (AvgIpc) is 2.62. The zero-order valence-corrected chi connectivity index (χ0v) is 14.6. The summed E-state index contributed by atoms with van der Waals surface area (Å²) < 4.78 is 13.0. The van der Waals surface area contributed by atoms with Gasteiger partial charge in [-0.15, -0.1) is 0 Å². The number of carbonyl (C=O) groups is 1. The quantitative estimate of drug-likeness (QED) is 0.846. The first-order valence-corrected chi connectivity index (χ1v) is 9.44. The van der Waals surface area contributed by atoms with E-state index in [1.54, 1.807) is 23.9 Å². The lowest BCUT2D eigenvalue weighted by Gasteiger charge is -2.36. The molecular weight excluding hydrogens is 323 g/mol. The van der Waals surface area contributed by atoms with E-state index in [0.717, 1.165) is 30.1 Å². The summed E-state index contributed by atoms with van der Waals surface area (Å²) in [6.45, 7) is 2.90. The van der Waals surface area contributed by atoms with Gasteiger partial charge in [0.15, 0.2) is 0 Å². The molecule has 3 nitrogen and oxygen atoms in total. The minimum absolute atomic E-state index is 0.0942. The molecule has 0 aliphatic carbocycles. The van der Waals surface area contributed by atoms with Crippen LogP contribution in [-0.4, -0.2) is 43.2 Å². The Bertz CT molecular complexity index is 697. The van der Waals surface area contributed by atoms with E-state index in [0.29, 0.717) is 13.1 Å². The van der Waals surface area contributed by atoms with Gasteiger partial charge >= 0.3 is 0 Å². The second kappa shape index (κ2) is 7.71. The van der Waals surface area contributed by atoms with Crippen LogP contribution in [0.25, 0.3) is 0 Å². The molecule has 0 radical (unpaired) electrons. The number of amides is 1. The summed E-state index contributed by atoms with van der Waals surface area (Å²) in [6, 6.07) is 14.4. The minimum Gasteiger partial charge on any atom is -0.368 e. The third kappa shape index (κ3) is 3.90. The molecule has 0 aromatic heterocycles. The van der Waals surface area contributed by atoms with Gasteiger partial charge in [0.05, 0.1) is 0 Å². The van der Waals surface area contributed by atoms with Crippen LogP contribution in [0, 0.1) is 5.82 Å². The van der Waals surface area contributed by atoms with E-state index < -0.39 is 0 Å². The fourth-order valence-electron chi connectivity index (χ4n) is 2.96. The predicted molar refractivity (Wildman–Crippen MR) is 98.2 cm³/mol. The molecule has 24 heavy (non-hydrogen) atoms. The molecule has 0 spiro atoms. The Morgan fingerprint density at radius 2 is 1.79 bits per heavy atom. The van der Waals surface area contributed by atoms with Crippen molar-refractivity contribution in [2.75, 3.05) is 37.3 Å². The van der Waals surface area contributed by atoms with E-state index in [1.165, 1.54) is 17.7 Å². The number of rotatable bonds is 4. The molecule has 0 saturated carbocycles. The number of thioether (sulfide) groups is 1. The monoisotopic (exact) mass is 344 g/mol. The lowest BCUT2D eigenvalue weighted by molar-refractivity contribution is 0.0746. The van der Waals surface area contributed by atoms with Crippen molar-refractivity contribution in [3.05, 3.63) is 65.5 Å². The van der Waals surface area contributed by atoms with Gasteiger partial charge in [0.2, 0.25) is 0 Å². The second-order valence-corrected chi connectivity index (χ2v) is 6.76. The summed E-state index contributed by atoms with van der Waals surface area (Å²) in [4.78, 5) is 16.8. The molecule has 2 aromatic rings. The topological polar surface area (TPSA) is 23.6 Å². The van der Waals surface area contributed by atoms with Crippen LogP contribution in [0.5, 0.6) is 0 Å². The SMILES string of the molecule is CSCc1cccc(C(=O)N2CCN(c3ccc(F)cc3)CC2)c1. The van der Waals surface area contributed by atoms with Gasteiger partial charge in [0.1, 0.15) is 5.82 Å². The van der Waals surface area contributed by atoms with Crippen molar-refractivity contribution in [3.8, 4) is 0 Å². The van der Waals surface area contributed by atoms with Crippen molar-refractivity contribution in [1.82, 2.24) is 4.90 Å². The molecule has 1 aliphatic heterocycles. The van der Waals surface area contributed by atoms with Gasteiger partial charge < -0.3 is 9.80 Å². The van der Waals surface area contributed by atoms with E-state index >= 15 is 0 Å². The Morgan fingerprint density at radius 1 is 1.08 bits per heavy atom. The molecule has 2 aromatic carbocycles. The van der Waals surface area contributed by atoms with Crippen molar-refractivity contribution in [2.24, 2.45) is 0 Å². The highest BCUT2D eigenvalue weighted by atomic mass is 32.2. The summed E-state index contributed by atoms with van der Waals surface area (Å²) in [5.74, 6) is 0.786. The van der Waals surface area contributed by atoms with E-state index in [1.807, 2.05) is 23.1 Å². The predicted octanol–water partition coefficient (Wildman–Crippen LogP) is 3.65. The standard InChI is InChI=1S/C19H21FN2OS/c1-24-14-15-3-2-4-16(13-15)19(23)22-11-9-21(10-12-22)18-7-5-17(20)6-8-18/h2-8,13H,9-12,14H2,1H3. The molecule has 1 fully saturated rings. The van der Waals surface area contributed by atoms with Gasteiger partial charge in [-0.05, 0) is 48.2 Å². The first-order chi connectivity index (χ1) is 11.7. The highest BCUT2D eigenvalue weighted by Gasteiger charge is 2.22. The van der Waals surface area contributed by atoms with Crippen LogP contribution >= 0.6 is 11.8 Å². The summed E-state index contributed by atoms with van der Waals surface area (Å²) in [6.07, 6.45) is 2.06. The van der Waals surface area contributed by atoms with Gasteiger partial charge in [-0.3, -0.25) is 4.79 Å². The van der Waals surface area contributed by atoms with E-state index in [9.17, 15) is 9.18 Å². The van der Waals surface area contributed by atoms with Crippen molar-refractivity contribution in [2.45, 2.75) is 5.75 Å². The molecule has 0 bridgehead atoms. The molecule has 3 rings (SSSR count). The molecule has 0 atom stereocenters. The largest absolute Gasteiger partial charge is 0.368 e. The molecule has 126 valence electrons. The van der Waals surface area contributed by atoms with Crippen LogP contribution in [0.1, 0.15) is 15.9 Å². The number of halogens is 1. The Balaban J connectivity index is 1.62. The fraction of sp³-hybridized carbons (Fsp3) is 0.316. The van der Waals surface area contributed by atoms with Gasteiger partial charge in [0, 0.05) is 43.2 Å². The lowest BCUT2D eigenvalue weighted by atomic mass is 10.1. The number of anilines is 1. The Kier molecular flexibility index (Phi) is 5.41. The Hall–Kier alpha value is -2.01. The average molecular weight is 344 g/mol. The normalized spacial score (nSPS) is 14.8. The van der Waals surface area contributed by atoms with Gasteiger partial charge in [-0.1, -0.05) is 12.1 Å². The highest BCUT2D eigenvalue weighted by molar-refractivity contribution is 7.97. The van der Waals surface area contributed by atoms with Gasteiger partial charge in [0.25, 0.3) is 5.91 Å². The van der Waals surface area contributed by atoms with Crippen molar-refractivity contribution >= 4 is 23.4 Å². The number of hydrogen-bond donors (Lipinski definition) is 0. The summed E-state index contributed by atoms with van der Waals surface area (Å²) in [5.41, 5.74) is 2.94. The molecule has 1 aliphatic rings. The molecular formula is C19H21FN2OS. The summed E-state index contributed by atoms with van der Waals surface area (Å²) >= 11 is 1.75. The van der Waals surface area contributed by atoms with Crippen LogP contribution in [-0.2, 0) is 5.75 Å². The van der Waals surface area contributed by atoms with Crippen molar-refractivity contribution < 1.29 is 9.18 Å². The molecule has 1 amide bonds. The van der Waals surface area contributed by atoms with Crippen molar-refractivity contribution in [1.29, 1.82) is 0 Å². The highest BCUT2D eigenvalue weighted by Crippen LogP contribution is 2.19. The summed E-state index contributed by atoms with van der Waals surface area (Å²) in [7, 11) is 0. The van der Waals surface area contributed by atoms with E-state index in [2.05, 4.69) is 17.2 Å². The number of carbonyl (C=O) groups excluding carboxylic acids is 1. The van der Waals surface area contributed by atoms with Crippen LogP contribution in [0.3, 0.4) is 0 Å². The maximum atomic E-state index is 13.0. The molecule has 5 heteroatoms. The van der Waals surface area contributed by atoms with Crippen LogP contribution in [0.2, 0.25) is 0 Å². The fourth-order valence-corrected chi connectivity index (χ4v) is 3.48. The van der Waals surface area contributed by atoms with Crippen LogP contribution < -0.4 is 4.90 Å². The van der Waals surface area contributed by atoms with Crippen LogP contribution in [0.15, 0.2) is 48.5 Å². The lowest BCUT2D eigenvalue weighted by Crippen LogP contribution is -2.48. The van der Waals surface area contributed by atoms with Crippen molar-refractivity contribution in [3.63, 3.8) is 0 Å². The van der Waals surface area contributed by atoms with E-state index in [-0.39, 0.29) is 11.7 Å². The first kappa shape index (κ1) is 16.8. The molecule has 0 N–H and O–H groups in total. The Morgan fingerprint density at radius 3 is 2.46 bits per heavy atom. The molecule has 1 heterocycles. The van der Waals surface area contributed by atoms with Gasteiger partial charge in [-0.2, -0.15) is 11.8 Å². The second-order valence-electron chi connectivity index (χ2n) is 5.89. The molecule has 0 unspecified atom stereocenters.